The molecule has 0 N–H and O–H groups in total. The van der Waals surface area contributed by atoms with E-state index in [4.69, 9.17) is 9.83 Å². The van der Waals surface area contributed by atoms with E-state index < -0.39 is 20.0 Å². The molecule has 5 rings (SSSR count). The highest BCUT2D eigenvalue weighted by Crippen LogP contribution is 2.35. The van der Waals surface area contributed by atoms with Gasteiger partial charge in [-0.15, -0.1) is 0 Å². The van der Waals surface area contributed by atoms with E-state index in [1.54, 1.807) is 45.0 Å². The molecule has 0 radical (unpaired) electrons. The van der Waals surface area contributed by atoms with Crippen LogP contribution in [0.25, 0.3) is 0 Å². The summed E-state index contributed by atoms with van der Waals surface area (Å²) < 4.78 is 59.0. The number of fused-ring (bicyclic) bond motifs is 2. The Morgan fingerprint density at radius 2 is 1.11 bits per heavy atom. The van der Waals surface area contributed by atoms with Crippen LogP contribution in [0.1, 0.15) is 83.1 Å². The van der Waals surface area contributed by atoms with E-state index in [1.807, 2.05) is 13.8 Å². The lowest BCUT2D eigenvalue weighted by atomic mass is 9.83. The first kappa shape index (κ1) is 32.8. The Morgan fingerprint density at radius 1 is 0.682 bits per heavy atom. The van der Waals surface area contributed by atoms with Crippen LogP contribution in [0, 0.1) is 23.7 Å². The zero-order valence-electron chi connectivity index (χ0n) is 26.8. The van der Waals surface area contributed by atoms with E-state index in [0.717, 1.165) is 19.3 Å². The maximum Gasteiger partial charge on any atom is 0.243 e. The molecule has 0 amide bonds. The molecule has 44 heavy (non-hydrogen) atoms. The van der Waals surface area contributed by atoms with E-state index in [1.165, 1.54) is 0 Å². The number of hydrogen-bond acceptors (Lipinski definition) is 7. The molecule has 2 aromatic carbocycles. The number of aliphatic imine (C=N–C) groups is 1. The van der Waals surface area contributed by atoms with Gasteiger partial charge in [0.2, 0.25) is 20.0 Å². The monoisotopic (exact) mass is 642 g/mol. The number of rotatable bonds is 8. The average molecular weight is 643 g/mol. The lowest BCUT2D eigenvalue weighted by Gasteiger charge is -2.34. The van der Waals surface area contributed by atoms with Crippen LogP contribution in [0.4, 0.5) is 0 Å². The number of sulfonamides is 2. The largest absolute Gasteiger partial charge is 0.396 e. The van der Waals surface area contributed by atoms with Gasteiger partial charge < -0.3 is 4.84 Å². The highest BCUT2D eigenvalue weighted by atomic mass is 32.2. The summed E-state index contributed by atoms with van der Waals surface area (Å²) in [6.45, 7) is 15.0. The second-order valence-corrected chi connectivity index (χ2v) is 16.9. The molecular weight excluding hydrogens is 597 g/mol. The molecule has 0 aromatic heterocycles. The molecule has 240 valence electrons. The number of oxime groups is 1. The first-order chi connectivity index (χ1) is 20.9. The van der Waals surface area contributed by atoms with Crippen molar-refractivity contribution >= 4 is 31.5 Å². The second-order valence-electron chi connectivity index (χ2n) is 13.0. The van der Waals surface area contributed by atoms with Gasteiger partial charge in [-0.25, -0.2) is 16.8 Å². The minimum absolute atomic E-state index is 0.195. The van der Waals surface area contributed by atoms with Gasteiger partial charge in [-0.2, -0.15) is 8.61 Å². The van der Waals surface area contributed by atoms with Crippen molar-refractivity contribution < 1.29 is 21.7 Å². The van der Waals surface area contributed by atoms with E-state index in [0.29, 0.717) is 73.0 Å². The zero-order valence-corrected chi connectivity index (χ0v) is 28.4. The summed E-state index contributed by atoms with van der Waals surface area (Å²) in [4.78, 5) is 10.8. The van der Waals surface area contributed by atoms with E-state index in [9.17, 15) is 16.8 Å². The van der Waals surface area contributed by atoms with Crippen LogP contribution in [-0.4, -0.2) is 76.2 Å². The maximum atomic E-state index is 13.9. The summed E-state index contributed by atoms with van der Waals surface area (Å²) in [5, 5.41) is 4.44. The molecular formula is C33H46N4O5S2. The molecule has 9 nitrogen and oxygen atoms in total. The number of benzene rings is 2. The van der Waals surface area contributed by atoms with Gasteiger partial charge in [0.25, 0.3) is 0 Å². The molecule has 11 heteroatoms. The summed E-state index contributed by atoms with van der Waals surface area (Å²) >= 11 is 0. The molecule has 0 saturated carbocycles. The van der Waals surface area contributed by atoms with Crippen LogP contribution in [0.5, 0.6) is 0 Å². The van der Waals surface area contributed by atoms with Gasteiger partial charge in [0, 0.05) is 55.0 Å². The second kappa shape index (κ2) is 13.0. The predicted octanol–water partition coefficient (Wildman–Crippen LogP) is 5.37. The zero-order chi connectivity index (χ0) is 31.8. The number of nitrogens with zero attached hydrogens (tertiary/aromatic N) is 4. The fourth-order valence-corrected chi connectivity index (χ4v) is 10.4. The van der Waals surface area contributed by atoms with Crippen molar-refractivity contribution in [3.63, 3.8) is 0 Å². The molecule has 0 bridgehead atoms. The Labute approximate surface area is 263 Å². The Hall–Kier alpha value is -2.60. The molecule has 2 aliphatic heterocycles. The molecule has 1 aliphatic carbocycles. The smallest absolute Gasteiger partial charge is 0.243 e. The highest BCUT2D eigenvalue weighted by Gasteiger charge is 2.36. The third kappa shape index (κ3) is 6.38. The van der Waals surface area contributed by atoms with Gasteiger partial charge in [-0.1, -0.05) is 51.9 Å². The third-order valence-corrected chi connectivity index (χ3v) is 12.4. The van der Waals surface area contributed by atoms with Crippen molar-refractivity contribution in [1.29, 1.82) is 0 Å². The van der Waals surface area contributed by atoms with E-state index in [2.05, 4.69) is 32.9 Å². The summed E-state index contributed by atoms with van der Waals surface area (Å²) in [7, 11) is -7.54. The van der Waals surface area contributed by atoms with Gasteiger partial charge in [-0.3, -0.25) is 4.99 Å². The van der Waals surface area contributed by atoms with Crippen molar-refractivity contribution in [3.8, 4) is 0 Å². The minimum atomic E-state index is -3.77. The van der Waals surface area contributed by atoms with E-state index >= 15 is 0 Å². The van der Waals surface area contributed by atoms with Crippen molar-refractivity contribution in [2.45, 2.75) is 70.6 Å². The summed E-state index contributed by atoms with van der Waals surface area (Å²) in [5.41, 5.74) is 3.73. The van der Waals surface area contributed by atoms with Crippen LogP contribution in [0.3, 0.4) is 0 Å². The standard InChI is InChI=1S/C33H46N4O5S2/c1-7-13-34-32-30-16-26(43(38,39)36-18-22(3)14-23(4)19-36)9-11-28(30)33(35-42-8-2)29-12-10-27(17-31(29)32)44(40,41)37-20-24(5)15-25(6)21-37/h9-12,16-17,22-25H,7-8,13-15,18-21H2,1-6H3/t22-,23+,24-,25+. The number of piperidine rings is 2. The molecule has 0 unspecified atom stereocenters. The van der Waals surface area contributed by atoms with Gasteiger partial charge in [0.05, 0.1) is 15.5 Å². The van der Waals surface area contributed by atoms with Gasteiger partial charge in [-0.05, 0) is 74.1 Å². The molecule has 4 atom stereocenters. The fourth-order valence-electron chi connectivity index (χ4n) is 6.99. The molecule has 2 fully saturated rings. The molecule has 2 aromatic rings. The Kier molecular flexibility index (Phi) is 9.70. The quantitative estimate of drug-likeness (QED) is 0.307. The van der Waals surface area contributed by atoms with Crippen LogP contribution < -0.4 is 0 Å². The molecule has 2 heterocycles. The van der Waals surface area contributed by atoms with Gasteiger partial charge in [0.1, 0.15) is 12.3 Å². The summed E-state index contributed by atoms with van der Waals surface area (Å²) in [5.74, 6) is 1.10. The Morgan fingerprint density at radius 3 is 1.50 bits per heavy atom. The first-order valence-corrected chi connectivity index (χ1v) is 18.8. The van der Waals surface area contributed by atoms with Crippen LogP contribution >= 0.6 is 0 Å². The lowest BCUT2D eigenvalue weighted by Crippen LogP contribution is -2.42. The summed E-state index contributed by atoms with van der Waals surface area (Å²) in [6, 6.07) is 10.2. The van der Waals surface area contributed by atoms with Crippen molar-refractivity contribution in [3.05, 3.63) is 58.7 Å². The third-order valence-electron chi connectivity index (χ3n) is 8.73. The van der Waals surface area contributed by atoms with E-state index in [-0.39, 0.29) is 33.5 Å². The average Bonchev–Trinajstić information content (AvgIpc) is 2.97. The first-order valence-electron chi connectivity index (χ1n) is 15.9. The highest BCUT2D eigenvalue weighted by molar-refractivity contribution is 7.89. The Balaban J connectivity index is 1.66. The molecule has 2 saturated heterocycles. The normalized spacial score (nSPS) is 24.9. The van der Waals surface area contributed by atoms with Crippen LogP contribution in [-0.2, 0) is 24.9 Å². The van der Waals surface area contributed by atoms with Crippen molar-refractivity contribution in [1.82, 2.24) is 8.61 Å². The van der Waals surface area contributed by atoms with Gasteiger partial charge in [0.15, 0.2) is 0 Å². The van der Waals surface area contributed by atoms with Gasteiger partial charge >= 0.3 is 0 Å². The van der Waals surface area contributed by atoms with Crippen molar-refractivity contribution in [2.24, 2.45) is 33.8 Å². The van der Waals surface area contributed by atoms with Crippen LogP contribution in [0.15, 0.2) is 56.3 Å². The van der Waals surface area contributed by atoms with Crippen molar-refractivity contribution in [2.75, 3.05) is 39.3 Å². The Bertz CT molecular complexity index is 1540. The molecule has 3 aliphatic rings. The summed E-state index contributed by atoms with van der Waals surface area (Å²) in [6.07, 6.45) is 2.77. The molecule has 0 spiro atoms. The SMILES string of the molecule is CCCN=C1c2cc(S(=O)(=O)N3C[C@H](C)C[C@H](C)C3)ccc2C(=NOCC)c2ccc(S(=O)(=O)N3C[C@H](C)C[C@H](C)C3)cc21. The maximum absolute atomic E-state index is 13.9. The fraction of sp³-hybridized carbons (Fsp3) is 0.576. The topological polar surface area (TPSA) is 109 Å². The minimum Gasteiger partial charge on any atom is -0.396 e. The predicted molar refractivity (Wildman–Crippen MR) is 174 cm³/mol. The van der Waals surface area contributed by atoms with Crippen LogP contribution in [0.2, 0.25) is 0 Å². The lowest BCUT2D eigenvalue weighted by molar-refractivity contribution is 0.159. The number of hydrogen-bond donors (Lipinski definition) is 0.